The Bertz CT molecular complexity index is 680. The smallest absolute Gasteiger partial charge is 0.278 e. The number of hydrogen-bond donors (Lipinski definition) is 0. The van der Waals surface area contributed by atoms with Gasteiger partial charge in [0.2, 0.25) is 0 Å². The molecule has 1 heterocycles. The summed E-state index contributed by atoms with van der Waals surface area (Å²) in [5, 5.41) is 1.05. The molecule has 0 aliphatic rings. The van der Waals surface area contributed by atoms with Crippen molar-refractivity contribution in [2.24, 2.45) is 0 Å². The van der Waals surface area contributed by atoms with E-state index in [2.05, 4.69) is 0 Å². The number of halogens is 1. The Kier molecular flexibility index (Phi) is 3.95. The lowest BCUT2D eigenvalue weighted by Crippen LogP contribution is -2.27. The SMILES string of the molecule is CON(C)C(=O)c1ccc(=O)n(-c2ccc(F)cc2)c1. The number of carbonyl (C=O) groups excluding carboxylic acids is 1. The molecule has 0 bridgehead atoms. The van der Waals surface area contributed by atoms with Crippen LogP contribution in [-0.4, -0.2) is 29.7 Å². The molecular formula is C14H13FN2O3. The molecule has 0 fully saturated rings. The number of amides is 1. The van der Waals surface area contributed by atoms with Gasteiger partial charge in [0, 0.05) is 25.0 Å². The van der Waals surface area contributed by atoms with Gasteiger partial charge in [-0.15, -0.1) is 0 Å². The second kappa shape index (κ2) is 5.66. The second-order valence-electron chi connectivity index (χ2n) is 4.09. The highest BCUT2D eigenvalue weighted by Gasteiger charge is 2.13. The van der Waals surface area contributed by atoms with Gasteiger partial charge in [-0.1, -0.05) is 0 Å². The van der Waals surface area contributed by atoms with Crippen LogP contribution in [0.4, 0.5) is 4.39 Å². The number of pyridine rings is 1. The number of aromatic nitrogens is 1. The molecule has 0 aliphatic heterocycles. The van der Waals surface area contributed by atoms with Crippen molar-refractivity contribution in [3.63, 3.8) is 0 Å². The van der Waals surface area contributed by atoms with E-state index in [1.807, 2.05) is 0 Å². The molecule has 0 saturated heterocycles. The molecule has 5 nitrogen and oxygen atoms in total. The van der Waals surface area contributed by atoms with Crippen LogP contribution < -0.4 is 5.56 Å². The first-order valence-corrected chi connectivity index (χ1v) is 5.84. The molecule has 0 aliphatic carbocycles. The van der Waals surface area contributed by atoms with Crippen LogP contribution in [-0.2, 0) is 4.84 Å². The maximum Gasteiger partial charge on any atom is 0.278 e. The first-order valence-electron chi connectivity index (χ1n) is 5.84. The minimum absolute atomic E-state index is 0.290. The summed E-state index contributed by atoms with van der Waals surface area (Å²) in [6.07, 6.45) is 1.40. The van der Waals surface area contributed by atoms with Gasteiger partial charge in [-0.05, 0) is 30.3 Å². The van der Waals surface area contributed by atoms with E-state index in [-0.39, 0.29) is 11.5 Å². The summed E-state index contributed by atoms with van der Waals surface area (Å²) in [6.45, 7) is 0. The van der Waals surface area contributed by atoms with Crippen LogP contribution in [0.1, 0.15) is 10.4 Å². The molecule has 2 aromatic rings. The van der Waals surface area contributed by atoms with E-state index in [9.17, 15) is 14.0 Å². The average molecular weight is 276 g/mol. The lowest BCUT2D eigenvalue weighted by Gasteiger charge is -2.14. The highest BCUT2D eigenvalue weighted by Crippen LogP contribution is 2.09. The quantitative estimate of drug-likeness (QED) is 0.800. The van der Waals surface area contributed by atoms with Crippen molar-refractivity contribution < 1.29 is 14.0 Å². The van der Waals surface area contributed by atoms with Crippen molar-refractivity contribution >= 4 is 5.91 Å². The molecule has 0 radical (unpaired) electrons. The van der Waals surface area contributed by atoms with E-state index < -0.39 is 5.82 Å². The molecule has 104 valence electrons. The lowest BCUT2D eigenvalue weighted by molar-refractivity contribution is -0.0757. The Hall–Kier alpha value is -2.47. The van der Waals surface area contributed by atoms with Gasteiger partial charge >= 0.3 is 0 Å². The van der Waals surface area contributed by atoms with Gasteiger partial charge in [0.1, 0.15) is 5.82 Å². The summed E-state index contributed by atoms with van der Waals surface area (Å²) in [6, 6.07) is 8.12. The number of rotatable bonds is 3. The van der Waals surface area contributed by atoms with Crippen molar-refractivity contribution in [1.82, 2.24) is 9.63 Å². The van der Waals surface area contributed by atoms with E-state index in [1.54, 1.807) is 0 Å². The van der Waals surface area contributed by atoms with Crippen LogP contribution in [0.5, 0.6) is 0 Å². The van der Waals surface area contributed by atoms with Gasteiger partial charge in [0.05, 0.1) is 12.7 Å². The molecule has 1 aromatic heterocycles. The molecule has 20 heavy (non-hydrogen) atoms. The standard InChI is InChI=1S/C14H13FN2O3/c1-16(20-2)14(19)10-3-8-13(18)17(9-10)12-6-4-11(15)5-7-12/h3-9H,1-2H3. The molecule has 1 aromatic carbocycles. The summed E-state index contributed by atoms with van der Waals surface area (Å²) in [4.78, 5) is 28.6. The first kappa shape index (κ1) is 14.0. The fraction of sp³-hybridized carbons (Fsp3) is 0.143. The summed E-state index contributed by atoms with van der Waals surface area (Å²) < 4.78 is 14.2. The molecule has 0 atom stereocenters. The molecule has 0 saturated carbocycles. The number of hydroxylamine groups is 2. The first-order chi connectivity index (χ1) is 9.52. The van der Waals surface area contributed by atoms with Gasteiger partial charge in [-0.3, -0.25) is 19.0 Å². The maximum atomic E-state index is 12.9. The van der Waals surface area contributed by atoms with Gasteiger partial charge in [0.25, 0.3) is 11.5 Å². The fourth-order valence-electron chi connectivity index (χ4n) is 1.68. The summed E-state index contributed by atoms with van der Waals surface area (Å²) in [5.41, 5.74) is 0.456. The molecular weight excluding hydrogens is 263 g/mol. The molecule has 6 heteroatoms. The zero-order valence-electron chi connectivity index (χ0n) is 11.0. The number of carbonyl (C=O) groups is 1. The Morgan fingerprint density at radius 3 is 2.45 bits per heavy atom. The van der Waals surface area contributed by atoms with E-state index in [0.29, 0.717) is 11.3 Å². The predicted molar refractivity (Wildman–Crippen MR) is 71.1 cm³/mol. The Labute approximate surface area is 114 Å². The van der Waals surface area contributed by atoms with Crippen molar-refractivity contribution in [3.05, 3.63) is 64.3 Å². The molecule has 2 rings (SSSR count). The fourth-order valence-corrected chi connectivity index (χ4v) is 1.68. The third-order valence-electron chi connectivity index (χ3n) is 2.82. The Morgan fingerprint density at radius 1 is 1.20 bits per heavy atom. The topological polar surface area (TPSA) is 51.5 Å². The number of hydrogen-bond acceptors (Lipinski definition) is 3. The van der Waals surface area contributed by atoms with Crippen LogP contribution in [0.3, 0.4) is 0 Å². The van der Waals surface area contributed by atoms with Crippen molar-refractivity contribution in [1.29, 1.82) is 0 Å². The zero-order chi connectivity index (χ0) is 14.7. The van der Waals surface area contributed by atoms with E-state index in [0.717, 1.165) is 5.06 Å². The molecule has 0 spiro atoms. The normalized spacial score (nSPS) is 10.3. The Balaban J connectivity index is 2.47. The number of benzene rings is 1. The monoisotopic (exact) mass is 276 g/mol. The van der Waals surface area contributed by atoms with Gasteiger partial charge in [0.15, 0.2) is 0 Å². The summed E-state index contributed by atoms with van der Waals surface area (Å²) >= 11 is 0. The number of nitrogens with zero attached hydrogens (tertiary/aromatic N) is 2. The minimum atomic E-state index is -0.395. The lowest BCUT2D eigenvalue weighted by atomic mass is 10.2. The third kappa shape index (κ3) is 2.75. The summed E-state index contributed by atoms with van der Waals surface area (Å²) in [5.74, 6) is -0.781. The predicted octanol–water partition coefficient (Wildman–Crippen LogP) is 1.61. The average Bonchev–Trinajstić information content (AvgIpc) is 2.47. The summed E-state index contributed by atoms with van der Waals surface area (Å²) in [7, 11) is 2.84. The second-order valence-corrected chi connectivity index (χ2v) is 4.09. The molecule has 0 N–H and O–H groups in total. The van der Waals surface area contributed by atoms with E-state index >= 15 is 0 Å². The van der Waals surface area contributed by atoms with Gasteiger partial charge in [-0.2, -0.15) is 0 Å². The highest BCUT2D eigenvalue weighted by atomic mass is 19.1. The van der Waals surface area contributed by atoms with Crippen LogP contribution >= 0.6 is 0 Å². The van der Waals surface area contributed by atoms with Crippen molar-refractivity contribution in [2.45, 2.75) is 0 Å². The largest absolute Gasteiger partial charge is 0.284 e. The van der Waals surface area contributed by atoms with Crippen LogP contribution in [0, 0.1) is 5.82 Å². The van der Waals surface area contributed by atoms with Gasteiger partial charge in [-0.25, -0.2) is 9.45 Å². The molecule has 0 unspecified atom stereocenters. The van der Waals surface area contributed by atoms with Crippen molar-refractivity contribution in [2.75, 3.05) is 14.2 Å². The Morgan fingerprint density at radius 2 is 1.85 bits per heavy atom. The minimum Gasteiger partial charge on any atom is -0.284 e. The van der Waals surface area contributed by atoms with Crippen LogP contribution in [0.2, 0.25) is 0 Å². The van der Waals surface area contributed by atoms with Crippen molar-refractivity contribution in [3.8, 4) is 5.69 Å². The van der Waals surface area contributed by atoms with E-state index in [1.165, 1.54) is 61.3 Å². The highest BCUT2D eigenvalue weighted by molar-refractivity contribution is 5.93. The van der Waals surface area contributed by atoms with E-state index in [4.69, 9.17) is 4.84 Å². The molecule has 1 amide bonds. The van der Waals surface area contributed by atoms with Crippen LogP contribution in [0.25, 0.3) is 5.69 Å². The zero-order valence-corrected chi connectivity index (χ0v) is 11.0. The van der Waals surface area contributed by atoms with Crippen LogP contribution in [0.15, 0.2) is 47.4 Å². The third-order valence-corrected chi connectivity index (χ3v) is 2.82. The maximum absolute atomic E-state index is 12.9. The van der Waals surface area contributed by atoms with Gasteiger partial charge < -0.3 is 0 Å².